The van der Waals surface area contributed by atoms with Crippen LogP contribution in [0, 0.1) is 0 Å². The van der Waals surface area contributed by atoms with E-state index in [4.69, 9.17) is 0 Å². The van der Waals surface area contributed by atoms with Gasteiger partial charge in [0.25, 0.3) is 0 Å². The molecule has 0 amide bonds. The summed E-state index contributed by atoms with van der Waals surface area (Å²) in [6.07, 6.45) is 1.76. The van der Waals surface area contributed by atoms with Crippen molar-refractivity contribution in [3.63, 3.8) is 0 Å². The fourth-order valence-corrected chi connectivity index (χ4v) is 2.63. The molecule has 0 N–H and O–H groups in total. The molecule has 0 spiro atoms. The van der Waals surface area contributed by atoms with Crippen molar-refractivity contribution in [2.24, 2.45) is 0 Å². The Morgan fingerprint density at radius 3 is 1.56 bits per heavy atom. The molecule has 3 rings (SSSR count). The van der Waals surface area contributed by atoms with Gasteiger partial charge in [-0.1, -0.05) is 91.0 Å². The first-order valence-corrected chi connectivity index (χ1v) is 8.17. The Labute approximate surface area is 147 Å². The second-order valence-electron chi connectivity index (χ2n) is 5.73. The van der Waals surface area contributed by atoms with E-state index >= 15 is 0 Å². The van der Waals surface area contributed by atoms with Crippen LogP contribution >= 0.6 is 0 Å². The third-order valence-corrected chi connectivity index (χ3v) is 3.95. The second-order valence-corrected chi connectivity index (χ2v) is 5.73. The van der Waals surface area contributed by atoms with Gasteiger partial charge in [-0.3, -0.25) is 9.59 Å². The van der Waals surface area contributed by atoms with Crippen LogP contribution in [0.15, 0.2) is 97.1 Å². The Morgan fingerprint density at radius 2 is 1.04 bits per heavy atom. The lowest BCUT2D eigenvalue weighted by Gasteiger charge is -2.08. The number of hydrogen-bond donors (Lipinski definition) is 0. The van der Waals surface area contributed by atoms with Gasteiger partial charge < -0.3 is 0 Å². The minimum Gasteiger partial charge on any atom is -0.294 e. The molecule has 3 aromatic carbocycles. The van der Waals surface area contributed by atoms with Crippen LogP contribution in [0.2, 0.25) is 0 Å². The first kappa shape index (κ1) is 16.6. The molecule has 3 aromatic rings. The van der Waals surface area contributed by atoms with Gasteiger partial charge in [-0.2, -0.15) is 0 Å². The number of benzene rings is 3. The fraction of sp³-hybridized carbons (Fsp3) is 0.0435. The molecular formula is C23H18O2. The Kier molecular flexibility index (Phi) is 5.32. The van der Waals surface area contributed by atoms with Crippen molar-refractivity contribution in [2.45, 2.75) is 6.42 Å². The predicted molar refractivity (Wildman–Crippen MR) is 101 cm³/mol. The molecule has 0 fully saturated rings. The van der Waals surface area contributed by atoms with Crippen LogP contribution < -0.4 is 0 Å². The maximum Gasteiger partial charge on any atom is 0.186 e. The number of ketones is 2. The van der Waals surface area contributed by atoms with Crippen molar-refractivity contribution in [2.75, 3.05) is 0 Å². The topological polar surface area (TPSA) is 34.1 Å². The van der Waals surface area contributed by atoms with Gasteiger partial charge in [0.15, 0.2) is 11.6 Å². The summed E-state index contributed by atoms with van der Waals surface area (Å²) in [6, 6.07) is 27.8. The van der Waals surface area contributed by atoms with E-state index in [1.165, 1.54) is 0 Å². The fourth-order valence-electron chi connectivity index (χ4n) is 2.63. The van der Waals surface area contributed by atoms with Gasteiger partial charge in [-0.05, 0) is 17.2 Å². The summed E-state index contributed by atoms with van der Waals surface area (Å²) in [5.41, 5.74) is 2.87. The van der Waals surface area contributed by atoms with Crippen molar-refractivity contribution < 1.29 is 9.59 Å². The van der Waals surface area contributed by atoms with Crippen molar-refractivity contribution in [3.8, 4) is 0 Å². The standard InChI is InChI=1S/C23H18O2/c24-22(19-12-6-2-7-13-19)16-21(18-10-4-1-5-11-18)17-23(25)20-14-8-3-9-15-20/h1-16H,17H2. The average Bonchev–Trinajstić information content (AvgIpc) is 2.69. The van der Waals surface area contributed by atoms with Crippen molar-refractivity contribution in [1.29, 1.82) is 0 Å². The molecular weight excluding hydrogens is 308 g/mol. The maximum absolute atomic E-state index is 12.6. The quantitative estimate of drug-likeness (QED) is 0.459. The summed E-state index contributed by atoms with van der Waals surface area (Å²) in [6.45, 7) is 0. The Hall–Kier alpha value is -3.26. The van der Waals surface area contributed by atoms with Crippen molar-refractivity contribution in [3.05, 3.63) is 114 Å². The molecule has 0 aliphatic heterocycles. The SMILES string of the molecule is O=C(C=C(CC(=O)c1ccccc1)c1ccccc1)c1ccccc1. The zero-order chi connectivity index (χ0) is 17.5. The molecule has 0 aromatic heterocycles. The lowest BCUT2D eigenvalue weighted by Crippen LogP contribution is -2.03. The van der Waals surface area contributed by atoms with Crippen LogP contribution in [0.25, 0.3) is 5.57 Å². The highest BCUT2D eigenvalue weighted by Gasteiger charge is 2.12. The number of carbonyl (C=O) groups excluding carboxylic acids is 2. The maximum atomic E-state index is 12.6. The Bertz CT molecular complexity index is 879. The second kappa shape index (κ2) is 8.02. The van der Waals surface area contributed by atoms with Gasteiger partial charge in [0.05, 0.1) is 0 Å². The van der Waals surface area contributed by atoms with Gasteiger partial charge in [0, 0.05) is 17.5 Å². The Balaban J connectivity index is 1.92. The summed E-state index contributed by atoms with van der Waals surface area (Å²) in [4.78, 5) is 25.2. The summed E-state index contributed by atoms with van der Waals surface area (Å²) in [7, 11) is 0. The van der Waals surface area contributed by atoms with E-state index in [0.717, 1.165) is 11.1 Å². The smallest absolute Gasteiger partial charge is 0.186 e. The van der Waals surface area contributed by atoms with Gasteiger partial charge in [0.2, 0.25) is 0 Å². The lowest BCUT2D eigenvalue weighted by molar-refractivity contribution is 0.0998. The molecule has 2 nitrogen and oxygen atoms in total. The number of hydrogen-bond acceptors (Lipinski definition) is 2. The van der Waals surface area contributed by atoms with E-state index in [0.29, 0.717) is 11.1 Å². The third-order valence-electron chi connectivity index (χ3n) is 3.95. The highest BCUT2D eigenvalue weighted by molar-refractivity contribution is 6.11. The molecule has 0 saturated carbocycles. The van der Waals surface area contributed by atoms with Crippen molar-refractivity contribution >= 4 is 17.1 Å². The van der Waals surface area contributed by atoms with E-state index in [-0.39, 0.29) is 18.0 Å². The molecule has 0 aliphatic rings. The molecule has 2 heteroatoms. The van der Waals surface area contributed by atoms with Crippen LogP contribution in [0.4, 0.5) is 0 Å². The van der Waals surface area contributed by atoms with Crippen LogP contribution in [-0.2, 0) is 0 Å². The first-order valence-electron chi connectivity index (χ1n) is 8.17. The van der Waals surface area contributed by atoms with E-state index < -0.39 is 0 Å². The summed E-state index contributed by atoms with van der Waals surface area (Å²) >= 11 is 0. The van der Waals surface area contributed by atoms with Crippen LogP contribution in [0.5, 0.6) is 0 Å². The molecule has 25 heavy (non-hydrogen) atoms. The molecule has 0 unspecified atom stereocenters. The monoisotopic (exact) mass is 326 g/mol. The van der Waals surface area contributed by atoms with E-state index in [9.17, 15) is 9.59 Å². The zero-order valence-electron chi connectivity index (χ0n) is 13.8. The third kappa shape index (κ3) is 4.39. The van der Waals surface area contributed by atoms with E-state index in [2.05, 4.69) is 0 Å². The lowest BCUT2D eigenvalue weighted by atomic mass is 9.95. The van der Waals surface area contributed by atoms with E-state index in [1.807, 2.05) is 66.7 Å². The number of Topliss-reactive ketones (excluding diaryl/α,β-unsaturated/α-hetero) is 1. The van der Waals surface area contributed by atoms with Gasteiger partial charge >= 0.3 is 0 Å². The molecule has 0 aliphatic carbocycles. The average molecular weight is 326 g/mol. The van der Waals surface area contributed by atoms with Crippen molar-refractivity contribution in [1.82, 2.24) is 0 Å². The van der Waals surface area contributed by atoms with Gasteiger partial charge in [-0.25, -0.2) is 0 Å². The number of rotatable bonds is 6. The molecule has 0 radical (unpaired) electrons. The normalized spacial score (nSPS) is 11.1. The number of allylic oxidation sites excluding steroid dienone is 2. The van der Waals surface area contributed by atoms with Crippen LogP contribution in [-0.4, -0.2) is 11.6 Å². The molecule has 0 heterocycles. The van der Waals surface area contributed by atoms with E-state index in [1.54, 1.807) is 30.3 Å². The van der Waals surface area contributed by atoms with Crippen LogP contribution in [0.1, 0.15) is 32.7 Å². The zero-order valence-corrected chi connectivity index (χ0v) is 13.8. The molecule has 0 saturated heterocycles. The summed E-state index contributed by atoms with van der Waals surface area (Å²) in [5.74, 6) is -0.100. The highest BCUT2D eigenvalue weighted by atomic mass is 16.1. The van der Waals surface area contributed by atoms with Gasteiger partial charge in [0.1, 0.15) is 0 Å². The predicted octanol–water partition coefficient (Wildman–Crippen LogP) is 5.23. The number of carbonyl (C=O) groups is 2. The first-order chi connectivity index (χ1) is 12.2. The molecule has 0 bridgehead atoms. The van der Waals surface area contributed by atoms with Gasteiger partial charge in [-0.15, -0.1) is 0 Å². The Morgan fingerprint density at radius 1 is 0.600 bits per heavy atom. The molecule has 122 valence electrons. The highest BCUT2D eigenvalue weighted by Crippen LogP contribution is 2.21. The summed E-state index contributed by atoms with van der Waals surface area (Å²) < 4.78 is 0. The largest absolute Gasteiger partial charge is 0.294 e. The summed E-state index contributed by atoms with van der Waals surface area (Å²) in [5, 5.41) is 0. The van der Waals surface area contributed by atoms with Crippen LogP contribution in [0.3, 0.4) is 0 Å². The molecule has 0 atom stereocenters. The minimum absolute atomic E-state index is 0.00318. The minimum atomic E-state index is -0.0969.